The number of rotatable bonds is 5. The van der Waals surface area contributed by atoms with E-state index in [1.54, 1.807) is 42.2 Å². The number of halogens is 2. The first-order valence-corrected chi connectivity index (χ1v) is 10.4. The minimum Gasteiger partial charge on any atom is -0.462 e. The number of alkyl halides is 2. The predicted octanol–water partition coefficient (Wildman–Crippen LogP) is 3.42. The monoisotopic (exact) mass is 443 g/mol. The summed E-state index contributed by atoms with van der Waals surface area (Å²) < 4.78 is 30.7. The number of H-pyrrole nitrogens is 1. The maximum Gasteiger partial charge on any atom is 0.339 e. The van der Waals surface area contributed by atoms with Gasteiger partial charge in [0.1, 0.15) is 5.82 Å². The second-order valence-electron chi connectivity index (χ2n) is 7.41. The number of aromatic amines is 1. The Morgan fingerprint density at radius 1 is 1.12 bits per heavy atom. The number of nitrogens with one attached hydrogen (secondary N) is 1. The lowest BCUT2D eigenvalue weighted by molar-refractivity contribution is 0.0525. The minimum atomic E-state index is -2.70. The van der Waals surface area contributed by atoms with Gasteiger partial charge in [0.25, 0.3) is 12.3 Å². The molecule has 0 aliphatic carbocycles. The maximum absolute atomic E-state index is 13.0. The number of ether oxygens (including phenoxy) is 1. The fourth-order valence-corrected chi connectivity index (χ4v) is 3.71. The molecule has 0 bridgehead atoms. The molecule has 0 radical (unpaired) electrons. The highest BCUT2D eigenvalue weighted by Gasteiger charge is 2.22. The number of nitrogens with zero attached hydrogens (tertiary/aromatic N) is 4. The first kappa shape index (κ1) is 21.7. The van der Waals surface area contributed by atoms with E-state index in [-0.39, 0.29) is 5.91 Å². The molecule has 32 heavy (non-hydrogen) atoms. The molecular formula is C22H23F2N5O3. The number of esters is 1. The van der Waals surface area contributed by atoms with Gasteiger partial charge in [0.05, 0.1) is 23.2 Å². The van der Waals surface area contributed by atoms with Gasteiger partial charge >= 0.3 is 5.97 Å². The van der Waals surface area contributed by atoms with Crippen molar-refractivity contribution in [2.75, 3.05) is 37.7 Å². The third-order valence-corrected chi connectivity index (χ3v) is 5.32. The molecule has 3 heterocycles. The van der Waals surface area contributed by atoms with Crippen molar-refractivity contribution in [3.8, 4) is 0 Å². The van der Waals surface area contributed by atoms with E-state index in [2.05, 4.69) is 19.9 Å². The molecule has 1 amide bonds. The third kappa shape index (κ3) is 4.53. The number of carbonyl (C=O) groups excluding carboxylic acids is 2. The van der Waals surface area contributed by atoms with Gasteiger partial charge in [-0.25, -0.2) is 23.5 Å². The average Bonchev–Trinajstić information content (AvgIpc) is 3.08. The van der Waals surface area contributed by atoms with Crippen molar-refractivity contribution in [2.45, 2.75) is 19.8 Å². The normalized spacial score (nSPS) is 14.6. The lowest BCUT2D eigenvalue weighted by atomic mass is 10.1. The van der Waals surface area contributed by atoms with Crippen molar-refractivity contribution >= 4 is 28.7 Å². The Kier molecular flexibility index (Phi) is 6.29. The first-order chi connectivity index (χ1) is 15.5. The number of hydrogen-bond acceptors (Lipinski definition) is 6. The number of benzene rings is 1. The fraction of sp³-hybridized carbons (Fsp3) is 0.364. The molecule has 0 spiro atoms. The third-order valence-electron chi connectivity index (χ3n) is 5.32. The smallest absolute Gasteiger partial charge is 0.339 e. The van der Waals surface area contributed by atoms with E-state index in [1.165, 1.54) is 6.20 Å². The number of carbonyl (C=O) groups is 2. The van der Waals surface area contributed by atoms with E-state index >= 15 is 0 Å². The molecule has 1 N–H and O–H groups in total. The van der Waals surface area contributed by atoms with Crippen LogP contribution in [0.5, 0.6) is 0 Å². The molecule has 1 aliphatic rings. The van der Waals surface area contributed by atoms with Crippen LogP contribution >= 0.6 is 0 Å². The molecule has 4 rings (SSSR count). The van der Waals surface area contributed by atoms with Gasteiger partial charge in [0.2, 0.25) is 0 Å². The van der Waals surface area contributed by atoms with Gasteiger partial charge in [0, 0.05) is 37.9 Å². The lowest BCUT2D eigenvalue weighted by Gasteiger charge is -2.23. The summed E-state index contributed by atoms with van der Waals surface area (Å²) in [6.07, 6.45) is -0.457. The largest absolute Gasteiger partial charge is 0.462 e. The summed E-state index contributed by atoms with van der Waals surface area (Å²) in [5.74, 6) is -0.246. The molecule has 1 aliphatic heterocycles. The topological polar surface area (TPSA) is 91.4 Å². The summed E-state index contributed by atoms with van der Waals surface area (Å²) >= 11 is 0. The van der Waals surface area contributed by atoms with Gasteiger partial charge in [-0.15, -0.1) is 0 Å². The van der Waals surface area contributed by atoms with Crippen LogP contribution in [0.4, 0.5) is 14.6 Å². The molecular weight excluding hydrogens is 420 g/mol. The summed E-state index contributed by atoms with van der Waals surface area (Å²) in [6.45, 7) is 4.41. The van der Waals surface area contributed by atoms with E-state index in [0.29, 0.717) is 54.9 Å². The van der Waals surface area contributed by atoms with Crippen molar-refractivity contribution in [1.29, 1.82) is 0 Å². The summed E-state index contributed by atoms with van der Waals surface area (Å²) in [7, 11) is 0. The van der Waals surface area contributed by atoms with Crippen molar-refractivity contribution in [2.24, 2.45) is 0 Å². The molecule has 10 heteroatoms. The number of hydrogen-bond donors (Lipinski definition) is 1. The highest BCUT2D eigenvalue weighted by Crippen LogP contribution is 2.22. The minimum absolute atomic E-state index is 0.160. The highest BCUT2D eigenvalue weighted by molar-refractivity contribution is 5.97. The van der Waals surface area contributed by atoms with E-state index in [4.69, 9.17) is 4.74 Å². The van der Waals surface area contributed by atoms with Crippen LogP contribution in [0.15, 0.2) is 36.5 Å². The first-order valence-electron chi connectivity index (χ1n) is 10.4. The highest BCUT2D eigenvalue weighted by atomic mass is 19.3. The zero-order valence-corrected chi connectivity index (χ0v) is 17.6. The van der Waals surface area contributed by atoms with Crippen LogP contribution in [-0.4, -0.2) is 64.5 Å². The van der Waals surface area contributed by atoms with Gasteiger partial charge in [-0.05, 0) is 43.7 Å². The van der Waals surface area contributed by atoms with Crippen molar-refractivity contribution in [3.05, 3.63) is 53.5 Å². The molecule has 3 aromatic rings. The van der Waals surface area contributed by atoms with E-state index in [9.17, 15) is 18.4 Å². The maximum atomic E-state index is 13.0. The second kappa shape index (κ2) is 9.29. The number of imidazole rings is 1. The summed E-state index contributed by atoms with van der Waals surface area (Å²) in [5.41, 5.74) is 1.63. The number of anilines is 1. The van der Waals surface area contributed by atoms with Crippen LogP contribution < -0.4 is 4.90 Å². The van der Waals surface area contributed by atoms with Crippen LogP contribution in [0.2, 0.25) is 0 Å². The summed E-state index contributed by atoms with van der Waals surface area (Å²) in [4.78, 5) is 39.4. The molecule has 8 nitrogen and oxygen atoms in total. The second-order valence-corrected chi connectivity index (χ2v) is 7.41. The van der Waals surface area contributed by atoms with Crippen LogP contribution in [-0.2, 0) is 4.74 Å². The average molecular weight is 443 g/mol. The van der Waals surface area contributed by atoms with Crippen LogP contribution in [0.1, 0.15) is 46.3 Å². The van der Waals surface area contributed by atoms with Crippen LogP contribution in [0, 0.1) is 0 Å². The molecule has 2 aromatic heterocycles. The Morgan fingerprint density at radius 2 is 1.94 bits per heavy atom. The van der Waals surface area contributed by atoms with Gasteiger partial charge < -0.3 is 19.5 Å². The fourth-order valence-electron chi connectivity index (χ4n) is 3.71. The van der Waals surface area contributed by atoms with E-state index < -0.39 is 18.2 Å². The van der Waals surface area contributed by atoms with E-state index in [1.807, 2.05) is 0 Å². The van der Waals surface area contributed by atoms with Crippen molar-refractivity contribution in [1.82, 2.24) is 19.9 Å². The number of fused-ring (bicyclic) bond motifs is 1. The Labute approximate surface area is 183 Å². The zero-order valence-electron chi connectivity index (χ0n) is 17.6. The summed E-state index contributed by atoms with van der Waals surface area (Å²) in [5, 5.41) is 0. The SMILES string of the molecule is CCOC(=O)c1ccc(N2CCCN(C(=O)c3ccc4nc(C(F)F)[nH]c4c3)CC2)nc1. The molecule has 168 valence electrons. The van der Waals surface area contributed by atoms with E-state index in [0.717, 1.165) is 12.2 Å². The molecule has 1 saturated heterocycles. The molecule has 1 fully saturated rings. The summed E-state index contributed by atoms with van der Waals surface area (Å²) in [6, 6.07) is 8.20. The Bertz CT molecular complexity index is 1120. The zero-order chi connectivity index (χ0) is 22.7. The number of pyridine rings is 1. The number of amides is 1. The standard InChI is InChI=1S/C22H23F2N5O3/c1-2-32-22(31)15-5-7-18(25-13-15)28-8-3-9-29(11-10-28)21(30)14-4-6-16-17(12-14)27-20(26-16)19(23)24/h4-7,12-13,19H,2-3,8-11H2,1H3,(H,26,27). The molecule has 1 aromatic carbocycles. The predicted molar refractivity (Wildman–Crippen MR) is 114 cm³/mol. The van der Waals surface area contributed by atoms with Crippen LogP contribution in [0.25, 0.3) is 11.0 Å². The Hall–Kier alpha value is -3.56. The van der Waals surface area contributed by atoms with Crippen molar-refractivity contribution in [3.63, 3.8) is 0 Å². The van der Waals surface area contributed by atoms with Crippen molar-refractivity contribution < 1.29 is 23.1 Å². The number of aromatic nitrogens is 3. The molecule has 0 saturated carbocycles. The van der Waals surface area contributed by atoms with Gasteiger partial charge in [-0.3, -0.25) is 4.79 Å². The lowest BCUT2D eigenvalue weighted by Crippen LogP contribution is -2.35. The Balaban J connectivity index is 1.43. The molecule has 0 atom stereocenters. The quantitative estimate of drug-likeness (QED) is 0.608. The Morgan fingerprint density at radius 3 is 2.66 bits per heavy atom. The van der Waals surface area contributed by atoms with Gasteiger partial charge in [-0.1, -0.05) is 0 Å². The molecule has 0 unspecified atom stereocenters. The van der Waals surface area contributed by atoms with Gasteiger partial charge in [0.15, 0.2) is 5.82 Å². The van der Waals surface area contributed by atoms with Gasteiger partial charge in [-0.2, -0.15) is 0 Å². The van der Waals surface area contributed by atoms with Crippen LogP contribution in [0.3, 0.4) is 0 Å².